The molecular formula is C21H16N8O10. The molecule has 200 valence electrons. The van der Waals surface area contributed by atoms with Crippen molar-refractivity contribution in [1.82, 2.24) is 14.5 Å². The number of rotatable bonds is 8. The van der Waals surface area contributed by atoms with Gasteiger partial charge in [-0.25, -0.2) is 9.78 Å². The van der Waals surface area contributed by atoms with Crippen molar-refractivity contribution >= 4 is 34.5 Å². The number of ether oxygens (including phenoxy) is 1. The van der Waals surface area contributed by atoms with Gasteiger partial charge in [0.1, 0.15) is 11.4 Å². The fourth-order valence-electron chi connectivity index (χ4n) is 3.94. The first-order valence-electron chi connectivity index (χ1n) is 10.9. The monoisotopic (exact) mass is 540 g/mol. The van der Waals surface area contributed by atoms with Gasteiger partial charge in [-0.3, -0.25) is 49.9 Å². The minimum atomic E-state index is -1.32. The number of aromatic nitrogens is 2. The molecule has 2 heterocycles. The van der Waals surface area contributed by atoms with Crippen molar-refractivity contribution < 1.29 is 29.2 Å². The molecule has 0 radical (unpaired) electrons. The van der Waals surface area contributed by atoms with Gasteiger partial charge in [-0.05, 0) is 19.1 Å². The second kappa shape index (κ2) is 10.2. The van der Waals surface area contributed by atoms with Crippen molar-refractivity contribution in [3.8, 4) is 5.69 Å². The minimum Gasteiger partial charge on any atom is -0.449 e. The second-order valence-electron chi connectivity index (χ2n) is 7.72. The number of hydrogen-bond donors (Lipinski definition) is 0. The number of carbonyl (C=O) groups excluding carboxylic acids is 1. The van der Waals surface area contributed by atoms with E-state index in [9.17, 15) is 45.3 Å². The molecule has 0 saturated heterocycles. The molecule has 18 heteroatoms. The zero-order chi connectivity index (χ0) is 28.4. The number of non-ortho nitro benzene ring substituents is 2. The first-order chi connectivity index (χ1) is 18.5. The molecule has 0 unspecified atom stereocenters. The molecule has 0 aliphatic carbocycles. The van der Waals surface area contributed by atoms with Gasteiger partial charge in [0.05, 0.1) is 38.4 Å². The van der Waals surface area contributed by atoms with Gasteiger partial charge in [0.25, 0.3) is 22.7 Å². The largest absolute Gasteiger partial charge is 0.449 e. The molecular weight excluding hydrogens is 524 g/mol. The number of benzene rings is 2. The quantitative estimate of drug-likeness (QED) is 0.292. The van der Waals surface area contributed by atoms with Gasteiger partial charge in [0.2, 0.25) is 0 Å². The summed E-state index contributed by atoms with van der Waals surface area (Å²) < 4.78 is 6.27. The summed E-state index contributed by atoms with van der Waals surface area (Å²) in [5, 5.41) is 46.0. The van der Waals surface area contributed by atoms with Crippen LogP contribution in [-0.4, -0.2) is 46.8 Å². The number of nitro groups is 4. The number of nitro benzene ring substituents is 4. The number of anilines is 1. The molecule has 2 aromatic carbocycles. The molecule has 1 amide bonds. The van der Waals surface area contributed by atoms with Crippen molar-refractivity contribution in [2.45, 2.75) is 13.1 Å². The van der Waals surface area contributed by atoms with Crippen molar-refractivity contribution in [2.24, 2.45) is 0 Å². The van der Waals surface area contributed by atoms with Gasteiger partial charge in [-0.15, -0.1) is 0 Å². The van der Waals surface area contributed by atoms with Crippen molar-refractivity contribution in [1.29, 1.82) is 0 Å². The van der Waals surface area contributed by atoms with E-state index in [0.717, 1.165) is 41.3 Å². The predicted molar refractivity (Wildman–Crippen MR) is 130 cm³/mol. The van der Waals surface area contributed by atoms with Gasteiger partial charge in [-0.1, -0.05) is 0 Å². The summed E-state index contributed by atoms with van der Waals surface area (Å²) in [6, 6.07) is 5.82. The maximum atomic E-state index is 12.8. The van der Waals surface area contributed by atoms with Crippen molar-refractivity contribution in [3.05, 3.63) is 107 Å². The highest BCUT2D eigenvalue weighted by Crippen LogP contribution is 2.42. The highest BCUT2D eigenvalue weighted by molar-refractivity contribution is 5.75. The molecule has 1 aromatic heterocycles. The van der Waals surface area contributed by atoms with Gasteiger partial charge < -0.3 is 9.64 Å². The molecule has 0 spiro atoms. The number of amides is 1. The highest BCUT2D eigenvalue weighted by atomic mass is 16.6. The van der Waals surface area contributed by atoms with Gasteiger partial charge in [0.15, 0.2) is 12.0 Å². The summed E-state index contributed by atoms with van der Waals surface area (Å²) in [5.74, 6) is -0.0716. The molecule has 1 aliphatic heterocycles. The molecule has 18 nitrogen and oxygen atoms in total. The summed E-state index contributed by atoms with van der Waals surface area (Å²) in [6.45, 7) is 1.52. The van der Waals surface area contributed by atoms with Crippen LogP contribution in [0.1, 0.15) is 18.9 Å². The van der Waals surface area contributed by atoms with E-state index in [0.29, 0.717) is 0 Å². The molecule has 0 saturated carbocycles. The third-order valence-electron chi connectivity index (χ3n) is 5.56. The Balaban J connectivity index is 1.91. The van der Waals surface area contributed by atoms with E-state index in [1.54, 1.807) is 6.92 Å². The Morgan fingerprint density at radius 1 is 0.872 bits per heavy atom. The Bertz CT molecular complexity index is 1550. The summed E-state index contributed by atoms with van der Waals surface area (Å²) in [5.41, 5.74) is -2.70. The van der Waals surface area contributed by atoms with Crippen LogP contribution in [0.4, 0.5) is 33.2 Å². The normalized spacial score (nSPS) is 14.3. The Morgan fingerprint density at radius 3 is 1.97 bits per heavy atom. The smallest absolute Gasteiger partial charge is 0.415 e. The Labute approximate surface area is 216 Å². The molecule has 0 N–H and O–H groups in total. The lowest BCUT2D eigenvalue weighted by Gasteiger charge is -2.30. The zero-order valence-electron chi connectivity index (χ0n) is 19.7. The standard InChI is InChI=1S/C21H16N8O10/c1-2-39-21(30)25-10-9-24(16-6-4-14(27(33)34)12-18(16)29(37)38)20(25)19-22-7-8-23(19)15-5-3-13(26(31)32)11-17(15)28(35)36/h3-12,20H,2H2,1H3/t20-/m1/s1. The lowest BCUT2D eigenvalue weighted by molar-refractivity contribution is -0.394. The Kier molecular flexibility index (Phi) is 6.84. The number of carbonyl (C=O) groups is 1. The summed E-state index contributed by atoms with van der Waals surface area (Å²) in [6.07, 6.45) is 2.83. The lowest BCUT2D eigenvalue weighted by atomic mass is 10.2. The van der Waals surface area contributed by atoms with E-state index in [1.807, 2.05) is 0 Å². The van der Waals surface area contributed by atoms with Crippen LogP contribution in [0.2, 0.25) is 0 Å². The maximum absolute atomic E-state index is 12.8. The second-order valence-corrected chi connectivity index (χ2v) is 7.72. The average molecular weight is 540 g/mol. The van der Waals surface area contributed by atoms with E-state index in [-0.39, 0.29) is 23.8 Å². The molecule has 0 bridgehead atoms. The first kappa shape index (κ1) is 26.1. The number of hydrogen-bond acceptors (Lipinski definition) is 12. The van der Waals surface area contributed by atoms with E-state index >= 15 is 0 Å². The number of imidazole rings is 1. The van der Waals surface area contributed by atoms with E-state index < -0.39 is 54.7 Å². The van der Waals surface area contributed by atoms with Crippen LogP contribution in [0.3, 0.4) is 0 Å². The molecule has 0 fully saturated rings. The van der Waals surface area contributed by atoms with Crippen LogP contribution in [0.5, 0.6) is 0 Å². The van der Waals surface area contributed by atoms with Crippen LogP contribution >= 0.6 is 0 Å². The zero-order valence-corrected chi connectivity index (χ0v) is 19.7. The van der Waals surface area contributed by atoms with Crippen LogP contribution in [0, 0.1) is 40.5 Å². The van der Waals surface area contributed by atoms with Crippen LogP contribution in [0.25, 0.3) is 5.69 Å². The lowest BCUT2D eigenvalue weighted by Crippen LogP contribution is -2.37. The van der Waals surface area contributed by atoms with Gasteiger partial charge in [0, 0.05) is 36.9 Å². The summed E-state index contributed by atoms with van der Waals surface area (Å²) >= 11 is 0. The third kappa shape index (κ3) is 4.75. The molecule has 4 rings (SSSR count). The summed E-state index contributed by atoms with van der Waals surface area (Å²) in [4.78, 5) is 62.0. The topological polar surface area (TPSA) is 223 Å². The van der Waals surface area contributed by atoms with E-state index in [4.69, 9.17) is 4.74 Å². The predicted octanol–water partition coefficient (Wildman–Crippen LogP) is 3.95. The molecule has 39 heavy (non-hydrogen) atoms. The number of nitrogens with zero attached hydrogens (tertiary/aromatic N) is 8. The summed E-state index contributed by atoms with van der Waals surface area (Å²) in [7, 11) is 0. The van der Waals surface area contributed by atoms with Gasteiger partial charge in [-0.2, -0.15) is 0 Å². The van der Waals surface area contributed by atoms with Crippen LogP contribution < -0.4 is 4.90 Å². The first-order valence-corrected chi connectivity index (χ1v) is 10.9. The Hall–Kier alpha value is -5.94. The molecule has 1 aliphatic rings. The molecule has 1 atom stereocenters. The highest BCUT2D eigenvalue weighted by Gasteiger charge is 2.40. The van der Waals surface area contributed by atoms with Gasteiger partial charge >= 0.3 is 6.09 Å². The maximum Gasteiger partial charge on any atom is 0.415 e. The minimum absolute atomic E-state index is 0.0319. The molecule has 3 aromatic rings. The third-order valence-corrected chi connectivity index (χ3v) is 5.56. The van der Waals surface area contributed by atoms with E-state index in [1.165, 1.54) is 34.3 Å². The fraction of sp³-hybridized carbons (Fsp3) is 0.143. The van der Waals surface area contributed by atoms with Crippen LogP contribution in [0.15, 0.2) is 61.2 Å². The SMILES string of the molecule is CCOC(=O)N1C=CN(c2ccc([N+](=O)[O-])cc2[N+](=O)[O-])[C@H]1c1nccn1-c1ccc([N+](=O)[O-])cc1[N+](=O)[O-]. The van der Waals surface area contributed by atoms with Crippen molar-refractivity contribution in [3.63, 3.8) is 0 Å². The van der Waals surface area contributed by atoms with E-state index in [2.05, 4.69) is 4.98 Å². The van der Waals surface area contributed by atoms with Crippen molar-refractivity contribution in [2.75, 3.05) is 11.5 Å². The fourth-order valence-corrected chi connectivity index (χ4v) is 3.94. The van der Waals surface area contributed by atoms with Crippen LogP contribution in [-0.2, 0) is 4.74 Å². The average Bonchev–Trinajstić information content (AvgIpc) is 3.55. The Morgan fingerprint density at radius 2 is 1.44 bits per heavy atom.